The molecule has 1 aromatic heterocycles. The number of anilines is 1. The maximum absolute atomic E-state index is 6.10. The Kier molecular flexibility index (Phi) is 3.92. The van der Waals surface area contributed by atoms with Gasteiger partial charge in [0.1, 0.15) is 5.82 Å². The van der Waals surface area contributed by atoms with Gasteiger partial charge in [-0.3, -0.25) is 0 Å². The molecule has 2 N–H and O–H groups in total. The lowest BCUT2D eigenvalue weighted by Gasteiger charge is -2.17. The summed E-state index contributed by atoms with van der Waals surface area (Å²) in [6.45, 7) is 2.16. The number of thioether (sulfide) groups is 1. The topological polar surface area (TPSA) is 51.8 Å². The van der Waals surface area contributed by atoms with Crippen molar-refractivity contribution >= 4 is 17.6 Å². The number of nitrogens with zero attached hydrogens (tertiary/aromatic N) is 2. The zero-order valence-corrected chi connectivity index (χ0v) is 12.5. The molecular formula is C16H19N3S. The number of nitrogens with two attached hydrogens (primary N) is 1. The summed E-state index contributed by atoms with van der Waals surface area (Å²) in [5.74, 6) is 2.51. The van der Waals surface area contributed by atoms with Crippen molar-refractivity contribution in [3.8, 4) is 11.4 Å². The molecule has 1 aliphatic rings. The lowest BCUT2D eigenvalue weighted by molar-refractivity contribution is 0.666. The maximum atomic E-state index is 6.10. The number of benzene rings is 1. The lowest BCUT2D eigenvalue weighted by atomic mass is 9.96. The molecular weight excluding hydrogens is 266 g/mol. The molecule has 0 bridgehead atoms. The number of aromatic nitrogens is 2. The summed E-state index contributed by atoms with van der Waals surface area (Å²) in [4.78, 5) is 10.5. The van der Waals surface area contributed by atoms with Gasteiger partial charge in [0, 0.05) is 21.7 Å². The smallest absolute Gasteiger partial charge is 0.161 e. The van der Waals surface area contributed by atoms with Crippen LogP contribution in [0.5, 0.6) is 0 Å². The zero-order valence-electron chi connectivity index (χ0n) is 11.7. The van der Waals surface area contributed by atoms with Crippen LogP contribution in [0.2, 0.25) is 0 Å². The normalized spacial score (nSPS) is 14.1. The van der Waals surface area contributed by atoms with Crippen LogP contribution in [0.1, 0.15) is 31.0 Å². The molecule has 0 amide bonds. The van der Waals surface area contributed by atoms with Crippen LogP contribution < -0.4 is 5.73 Å². The monoisotopic (exact) mass is 285 g/mol. The van der Waals surface area contributed by atoms with Crippen molar-refractivity contribution in [3.63, 3.8) is 0 Å². The maximum Gasteiger partial charge on any atom is 0.161 e. The molecule has 3 rings (SSSR count). The fourth-order valence-corrected chi connectivity index (χ4v) is 3.28. The molecule has 0 fully saturated rings. The van der Waals surface area contributed by atoms with Crippen molar-refractivity contribution in [2.45, 2.75) is 37.5 Å². The molecule has 0 saturated heterocycles. The van der Waals surface area contributed by atoms with Gasteiger partial charge in [0.15, 0.2) is 5.82 Å². The number of rotatable bonds is 3. The fourth-order valence-electron chi connectivity index (χ4n) is 2.62. The molecule has 2 aromatic rings. The quantitative estimate of drug-likeness (QED) is 0.873. The predicted molar refractivity (Wildman–Crippen MR) is 84.9 cm³/mol. The Bertz CT molecular complexity index is 608. The van der Waals surface area contributed by atoms with Crippen LogP contribution in [0, 0.1) is 0 Å². The Morgan fingerprint density at radius 2 is 1.85 bits per heavy atom. The van der Waals surface area contributed by atoms with Crippen LogP contribution in [-0.4, -0.2) is 15.7 Å². The third-order valence-electron chi connectivity index (χ3n) is 3.64. The van der Waals surface area contributed by atoms with Gasteiger partial charge in [0.25, 0.3) is 0 Å². The first-order valence-electron chi connectivity index (χ1n) is 7.16. The first kappa shape index (κ1) is 13.4. The summed E-state index contributed by atoms with van der Waals surface area (Å²) in [5.41, 5.74) is 9.46. The summed E-state index contributed by atoms with van der Waals surface area (Å²) in [5, 5.41) is 0. The number of hydrogen-bond acceptors (Lipinski definition) is 4. The minimum absolute atomic E-state index is 0.664. The zero-order chi connectivity index (χ0) is 13.9. The van der Waals surface area contributed by atoms with E-state index < -0.39 is 0 Å². The molecule has 0 spiro atoms. The van der Waals surface area contributed by atoms with Crippen LogP contribution in [0.3, 0.4) is 0 Å². The first-order chi connectivity index (χ1) is 9.78. The number of aryl methyl sites for hydroxylation is 1. The second kappa shape index (κ2) is 5.83. The summed E-state index contributed by atoms with van der Waals surface area (Å²) in [6, 6.07) is 8.43. The summed E-state index contributed by atoms with van der Waals surface area (Å²) < 4.78 is 0. The fraction of sp³-hybridized carbons (Fsp3) is 0.375. The van der Waals surface area contributed by atoms with Crippen LogP contribution in [-0.2, 0) is 12.8 Å². The molecule has 0 aliphatic heterocycles. The highest BCUT2D eigenvalue weighted by Crippen LogP contribution is 2.27. The minimum atomic E-state index is 0.664. The molecule has 1 aliphatic carbocycles. The van der Waals surface area contributed by atoms with E-state index in [1.807, 2.05) is 11.8 Å². The van der Waals surface area contributed by atoms with Gasteiger partial charge >= 0.3 is 0 Å². The van der Waals surface area contributed by atoms with Crippen molar-refractivity contribution in [2.75, 3.05) is 11.5 Å². The van der Waals surface area contributed by atoms with Crippen molar-refractivity contribution in [1.29, 1.82) is 0 Å². The van der Waals surface area contributed by atoms with E-state index in [9.17, 15) is 0 Å². The highest BCUT2D eigenvalue weighted by molar-refractivity contribution is 7.99. The second-order valence-corrected chi connectivity index (χ2v) is 6.36. The molecule has 104 valence electrons. The summed E-state index contributed by atoms with van der Waals surface area (Å²) in [6.07, 6.45) is 4.45. The second-order valence-electron chi connectivity index (χ2n) is 5.02. The Labute approximate surface area is 124 Å². The van der Waals surface area contributed by atoms with Crippen molar-refractivity contribution in [1.82, 2.24) is 9.97 Å². The molecule has 0 radical (unpaired) electrons. The highest BCUT2D eigenvalue weighted by atomic mass is 32.2. The van der Waals surface area contributed by atoms with E-state index in [1.54, 1.807) is 0 Å². The van der Waals surface area contributed by atoms with Gasteiger partial charge in [-0.05, 0) is 43.6 Å². The number of nitrogen functional groups attached to an aromatic ring is 1. The van der Waals surface area contributed by atoms with Gasteiger partial charge in [-0.1, -0.05) is 19.1 Å². The van der Waals surface area contributed by atoms with Gasteiger partial charge in [-0.25, -0.2) is 9.97 Å². The van der Waals surface area contributed by atoms with E-state index in [2.05, 4.69) is 36.2 Å². The van der Waals surface area contributed by atoms with Gasteiger partial charge in [-0.2, -0.15) is 0 Å². The Balaban J connectivity index is 1.95. The van der Waals surface area contributed by atoms with Crippen molar-refractivity contribution < 1.29 is 0 Å². The highest BCUT2D eigenvalue weighted by Gasteiger charge is 2.16. The van der Waals surface area contributed by atoms with E-state index in [0.717, 1.165) is 41.2 Å². The van der Waals surface area contributed by atoms with E-state index in [1.165, 1.54) is 17.7 Å². The molecule has 1 aromatic carbocycles. The van der Waals surface area contributed by atoms with Crippen LogP contribution in [0.15, 0.2) is 29.2 Å². The van der Waals surface area contributed by atoms with E-state index in [-0.39, 0.29) is 0 Å². The van der Waals surface area contributed by atoms with Crippen LogP contribution in [0.25, 0.3) is 11.4 Å². The standard InChI is InChI=1S/C16H19N3S/c1-2-20-12-9-7-11(8-10-12)16-18-14-6-4-3-5-13(14)15(17)19-16/h7-10H,2-6H2,1H3,(H2,17,18,19). The summed E-state index contributed by atoms with van der Waals surface area (Å²) >= 11 is 1.84. The minimum Gasteiger partial charge on any atom is -0.383 e. The van der Waals surface area contributed by atoms with Crippen molar-refractivity contribution in [2.24, 2.45) is 0 Å². The number of fused-ring (bicyclic) bond motifs is 1. The van der Waals surface area contributed by atoms with Crippen LogP contribution >= 0.6 is 11.8 Å². The Morgan fingerprint density at radius 1 is 1.10 bits per heavy atom. The van der Waals surface area contributed by atoms with Gasteiger partial charge < -0.3 is 5.73 Å². The van der Waals surface area contributed by atoms with Crippen LogP contribution in [0.4, 0.5) is 5.82 Å². The van der Waals surface area contributed by atoms with E-state index >= 15 is 0 Å². The molecule has 0 unspecified atom stereocenters. The SMILES string of the molecule is CCSc1ccc(-c2nc(N)c3c(n2)CCCC3)cc1. The molecule has 4 heteroatoms. The average Bonchev–Trinajstić information content (AvgIpc) is 2.48. The Hall–Kier alpha value is -1.55. The molecule has 1 heterocycles. The van der Waals surface area contributed by atoms with Gasteiger partial charge in [0.2, 0.25) is 0 Å². The first-order valence-corrected chi connectivity index (χ1v) is 8.15. The largest absolute Gasteiger partial charge is 0.383 e. The van der Waals surface area contributed by atoms with Gasteiger partial charge in [-0.15, -0.1) is 11.8 Å². The molecule has 20 heavy (non-hydrogen) atoms. The molecule has 3 nitrogen and oxygen atoms in total. The number of hydrogen-bond donors (Lipinski definition) is 1. The molecule has 0 atom stereocenters. The third kappa shape index (κ3) is 2.66. The Morgan fingerprint density at radius 3 is 2.60 bits per heavy atom. The third-order valence-corrected chi connectivity index (χ3v) is 4.53. The summed E-state index contributed by atoms with van der Waals surface area (Å²) in [7, 11) is 0. The van der Waals surface area contributed by atoms with E-state index in [0.29, 0.717) is 5.82 Å². The lowest BCUT2D eigenvalue weighted by Crippen LogP contribution is -2.11. The average molecular weight is 285 g/mol. The predicted octanol–water partition coefficient (Wildman–Crippen LogP) is 3.72. The van der Waals surface area contributed by atoms with Gasteiger partial charge in [0.05, 0.1) is 0 Å². The molecule has 0 saturated carbocycles. The van der Waals surface area contributed by atoms with E-state index in [4.69, 9.17) is 10.7 Å². The van der Waals surface area contributed by atoms with Crippen molar-refractivity contribution in [3.05, 3.63) is 35.5 Å².